The van der Waals surface area contributed by atoms with Crippen molar-refractivity contribution in [2.45, 2.75) is 30.6 Å². The molecule has 0 amide bonds. The summed E-state index contributed by atoms with van der Waals surface area (Å²) in [6.07, 6.45) is 1.96. The third-order valence-electron chi connectivity index (χ3n) is 11.2. The summed E-state index contributed by atoms with van der Waals surface area (Å²) in [5.74, 6) is 1.37. The van der Waals surface area contributed by atoms with Gasteiger partial charge < -0.3 is 0 Å². The van der Waals surface area contributed by atoms with E-state index in [-0.39, 0.29) is 0 Å². The molecule has 2 nitrogen and oxygen atoms in total. The van der Waals surface area contributed by atoms with Gasteiger partial charge in [0.1, 0.15) is 5.82 Å². The van der Waals surface area contributed by atoms with Crippen molar-refractivity contribution in [3.05, 3.63) is 214 Å². The number of para-hydroxylation sites is 1. The molecule has 48 heavy (non-hydrogen) atoms. The molecule has 0 saturated heterocycles. The number of aromatic nitrogens is 1. The first kappa shape index (κ1) is 27.4. The van der Waals surface area contributed by atoms with Crippen LogP contribution in [-0.4, -0.2) is 4.98 Å². The summed E-state index contributed by atoms with van der Waals surface area (Å²) in [4.78, 5) is 7.79. The fraction of sp³-hybridized carbons (Fsp3) is 0.109. The van der Waals surface area contributed by atoms with Gasteiger partial charge in [-0.25, -0.2) is 4.98 Å². The molecule has 1 aromatic heterocycles. The summed E-state index contributed by atoms with van der Waals surface area (Å²) in [6.45, 7) is 4.58. The average Bonchev–Trinajstić information content (AvgIpc) is 3.44. The first-order chi connectivity index (χ1) is 23.7. The number of hydrogen-bond acceptors (Lipinski definition) is 2. The first-order valence-electron chi connectivity index (χ1n) is 17.0. The lowest BCUT2D eigenvalue weighted by atomic mass is 9.58. The van der Waals surface area contributed by atoms with Gasteiger partial charge in [0.25, 0.3) is 0 Å². The first-order valence-corrected chi connectivity index (χ1v) is 17.0. The molecule has 3 aliphatic rings. The lowest BCUT2D eigenvalue weighted by Gasteiger charge is -2.52. The van der Waals surface area contributed by atoms with Crippen LogP contribution < -0.4 is 4.90 Å². The number of pyridine rings is 1. The number of benzene rings is 6. The van der Waals surface area contributed by atoms with Gasteiger partial charge in [-0.15, -0.1) is 0 Å². The Hall–Kier alpha value is -5.73. The summed E-state index contributed by atoms with van der Waals surface area (Å²) >= 11 is 0. The zero-order valence-electron chi connectivity index (χ0n) is 27.1. The largest absolute Gasteiger partial charge is 0.294 e. The zero-order chi connectivity index (χ0) is 32.0. The Labute approximate surface area is 282 Å². The molecule has 3 heterocycles. The molecule has 0 bridgehead atoms. The van der Waals surface area contributed by atoms with Gasteiger partial charge in [0.2, 0.25) is 0 Å². The molecule has 0 saturated carbocycles. The molecule has 0 radical (unpaired) electrons. The Morgan fingerprint density at radius 1 is 0.479 bits per heavy atom. The van der Waals surface area contributed by atoms with E-state index in [2.05, 4.69) is 176 Å². The predicted octanol–water partition coefficient (Wildman–Crippen LogP) is 11.0. The molecule has 228 valence electrons. The van der Waals surface area contributed by atoms with Crippen LogP contribution >= 0.6 is 0 Å². The van der Waals surface area contributed by atoms with Crippen molar-refractivity contribution in [2.24, 2.45) is 0 Å². The zero-order valence-corrected chi connectivity index (χ0v) is 27.1. The van der Waals surface area contributed by atoms with Crippen LogP contribution in [0.3, 0.4) is 0 Å². The number of nitrogens with zero attached hydrogens (tertiary/aromatic N) is 2. The second-order valence-electron chi connectivity index (χ2n) is 13.7. The van der Waals surface area contributed by atoms with Gasteiger partial charge in [0.05, 0.1) is 22.2 Å². The number of anilines is 3. The molecule has 1 spiro atoms. The molecule has 0 fully saturated rings. The van der Waals surface area contributed by atoms with Crippen LogP contribution in [0.1, 0.15) is 69.8 Å². The third kappa shape index (κ3) is 3.25. The van der Waals surface area contributed by atoms with E-state index in [0.29, 0.717) is 5.92 Å². The van der Waals surface area contributed by atoms with Crippen molar-refractivity contribution >= 4 is 17.2 Å². The summed E-state index contributed by atoms with van der Waals surface area (Å²) in [5, 5.41) is 0. The van der Waals surface area contributed by atoms with Gasteiger partial charge in [-0.1, -0.05) is 159 Å². The van der Waals surface area contributed by atoms with E-state index >= 15 is 0 Å². The average molecular weight is 615 g/mol. The normalized spacial score (nSPS) is 15.4. The minimum Gasteiger partial charge on any atom is -0.294 e. The second kappa shape index (κ2) is 9.89. The molecule has 2 heteroatoms. The highest BCUT2D eigenvalue weighted by Crippen LogP contribution is 2.68. The summed E-state index contributed by atoms with van der Waals surface area (Å²) in [7, 11) is 0. The van der Waals surface area contributed by atoms with Crippen LogP contribution in [0.5, 0.6) is 0 Å². The van der Waals surface area contributed by atoms with E-state index in [9.17, 15) is 0 Å². The van der Waals surface area contributed by atoms with Gasteiger partial charge in [0.15, 0.2) is 0 Å². The molecule has 0 unspecified atom stereocenters. The Morgan fingerprint density at radius 2 is 1.02 bits per heavy atom. The molecule has 6 aromatic carbocycles. The standard InChI is InChI=1S/C46H34N2/c1-30(2)31-26-27-38-42(29-31)48-43-39(23-13-24-40(43)46(38)36-21-11-9-19-34(36)35-20-10-12-22-37(35)46)45(32-15-5-3-6-16-32,33-17-7-4-8-18-33)41-25-14-28-47-44(41)48/h3-30H,1-2H3. The van der Waals surface area contributed by atoms with E-state index in [0.717, 1.165) is 5.82 Å². The maximum Gasteiger partial charge on any atom is 0.142 e. The highest BCUT2D eigenvalue weighted by atomic mass is 15.2. The monoisotopic (exact) mass is 614 g/mol. The minimum absolute atomic E-state index is 0.381. The van der Waals surface area contributed by atoms with E-state index in [1.54, 1.807) is 0 Å². The van der Waals surface area contributed by atoms with Crippen molar-refractivity contribution < 1.29 is 0 Å². The molecule has 0 N–H and O–H groups in total. The van der Waals surface area contributed by atoms with Crippen molar-refractivity contribution in [3.63, 3.8) is 0 Å². The summed E-state index contributed by atoms with van der Waals surface area (Å²) in [6, 6.07) is 58.9. The SMILES string of the molecule is CC(C)c1ccc2c(c1)N1c3ncccc3C(c3ccccc3)(c3ccccc3)c3cccc(c31)C21c2ccccc2-c2ccccc21. The van der Waals surface area contributed by atoms with Crippen LogP contribution in [0.2, 0.25) is 0 Å². The Bertz CT molecular complexity index is 2290. The molecule has 7 aromatic rings. The van der Waals surface area contributed by atoms with Crippen LogP contribution in [-0.2, 0) is 10.8 Å². The van der Waals surface area contributed by atoms with E-state index in [4.69, 9.17) is 4.98 Å². The number of fused-ring (bicyclic) bond motifs is 11. The smallest absolute Gasteiger partial charge is 0.142 e. The van der Waals surface area contributed by atoms with E-state index in [1.165, 1.54) is 72.6 Å². The van der Waals surface area contributed by atoms with Gasteiger partial charge >= 0.3 is 0 Å². The molecular formula is C46H34N2. The van der Waals surface area contributed by atoms with E-state index in [1.807, 2.05) is 6.20 Å². The lowest BCUT2D eigenvalue weighted by Crippen LogP contribution is -2.44. The predicted molar refractivity (Wildman–Crippen MR) is 196 cm³/mol. The maximum absolute atomic E-state index is 5.29. The van der Waals surface area contributed by atoms with E-state index < -0.39 is 10.8 Å². The highest BCUT2D eigenvalue weighted by molar-refractivity contribution is 5.99. The maximum atomic E-state index is 5.29. The molecule has 1 aliphatic carbocycles. The van der Waals surface area contributed by atoms with Gasteiger partial charge in [-0.2, -0.15) is 0 Å². The van der Waals surface area contributed by atoms with Crippen LogP contribution in [0, 0.1) is 0 Å². The fourth-order valence-corrected chi connectivity index (χ4v) is 9.28. The lowest BCUT2D eigenvalue weighted by molar-refractivity contribution is 0.691. The Morgan fingerprint density at radius 3 is 1.65 bits per heavy atom. The van der Waals surface area contributed by atoms with Crippen molar-refractivity contribution in [3.8, 4) is 11.1 Å². The summed E-state index contributed by atoms with van der Waals surface area (Å²) in [5.41, 5.74) is 15.5. The van der Waals surface area contributed by atoms with Crippen molar-refractivity contribution in [2.75, 3.05) is 4.90 Å². The van der Waals surface area contributed by atoms with Crippen LogP contribution in [0.4, 0.5) is 17.2 Å². The molecule has 0 atom stereocenters. The number of rotatable bonds is 3. The van der Waals surface area contributed by atoms with Crippen molar-refractivity contribution in [1.29, 1.82) is 0 Å². The van der Waals surface area contributed by atoms with Gasteiger partial charge in [0, 0.05) is 11.8 Å². The van der Waals surface area contributed by atoms with Gasteiger partial charge in [-0.05, 0) is 73.7 Å². The molecule has 10 rings (SSSR count). The third-order valence-corrected chi connectivity index (χ3v) is 11.2. The van der Waals surface area contributed by atoms with Crippen LogP contribution in [0.25, 0.3) is 11.1 Å². The number of hydrogen-bond donors (Lipinski definition) is 0. The second-order valence-corrected chi connectivity index (χ2v) is 13.7. The quantitative estimate of drug-likeness (QED) is 0.197. The fourth-order valence-electron chi connectivity index (χ4n) is 9.28. The summed E-state index contributed by atoms with van der Waals surface area (Å²) < 4.78 is 0. The molecular weight excluding hydrogens is 581 g/mol. The molecule has 2 aliphatic heterocycles. The Kier molecular flexibility index (Phi) is 5.64. The topological polar surface area (TPSA) is 16.1 Å². The van der Waals surface area contributed by atoms with Gasteiger partial charge in [-0.3, -0.25) is 4.90 Å². The minimum atomic E-state index is -0.583. The Balaban J connectivity index is 1.44. The highest BCUT2D eigenvalue weighted by Gasteiger charge is 2.56. The van der Waals surface area contributed by atoms with Crippen LogP contribution in [0.15, 0.2) is 164 Å². The van der Waals surface area contributed by atoms with Crippen molar-refractivity contribution in [1.82, 2.24) is 4.98 Å².